The minimum atomic E-state index is 0.223. The first-order chi connectivity index (χ1) is 10.7. The average molecular weight is 297 g/mol. The van der Waals surface area contributed by atoms with Crippen LogP contribution in [-0.4, -0.2) is 28.2 Å². The van der Waals surface area contributed by atoms with Gasteiger partial charge in [0, 0.05) is 18.5 Å². The molecule has 0 bridgehead atoms. The molecule has 0 radical (unpaired) electrons. The lowest BCUT2D eigenvalue weighted by Gasteiger charge is -2.09. The highest BCUT2D eigenvalue weighted by Gasteiger charge is 2.08. The molecule has 0 aliphatic heterocycles. The molecule has 0 aliphatic carbocycles. The summed E-state index contributed by atoms with van der Waals surface area (Å²) in [4.78, 5) is 15.1. The van der Waals surface area contributed by atoms with Gasteiger partial charge in [-0.15, -0.1) is 0 Å². The van der Waals surface area contributed by atoms with Gasteiger partial charge in [0.05, 0.1) is 18.8 Å². The number of aldehydes is 1. The number of ether oxygens (including phenoxy) is 2. The molecule has 22 heavy (non-hydrogen) atoms. The van der Waals surface area contributed by atoms with E-state index in [0.29, 0.717) is 24.5 Å². The predicted molar refractivity (Wildman–Crippen MR) is 81.2 cm³/mol. The maximum Gasteiger partial charge on any atom is 0.213 e. The molecular weight excluding hydrogens is 282 g/mol. The highest BCUT2D eigenvalue weighted by atomic mass is 16.5. The summed E-state index contributed by atoms with van der Waals surface area (Å²) in [5, 5.41) is 5.28. The fraction of sp³-hybridized carbons (Fsp3) is 0.188. The van der Waals surface area contributed by atoms with Crippen LogP contribution >= 0.6 is 0 Å². The number of benzene rings is 1. The molecule has 112 valence electrons. The topological polar surface area (TPSA) is 66.2 Å². The van der Waals surface area contributed by atoms with Gasteiger partial charge in [-0.3, -0.25) is 9.48 Å². The first-order valence-corrected chi connectivity index (χ1v) is 6.75. The Balaban J connectivity index is 1.81. The second kappa shape index (κ2) is 5.85. The van der Waals surface area contributed by atoms with Gasteiger partial charge in [-0.25, -0.2) is 4.98 Å². The number of rotatable bonds is 5. The molecule has 0 saturated carbocycles. The molecule has 0 unspecified atom stereocenters. The molecule has 1 aromatic carbocycles. The van der Waals surface area contributed by atoms with Gasteiger partial charge in [-0.1, -0.05) is 12.1 Å². The third-order valence-electron chi connectivity index (χ3n) is 3.39. The number of fused-ring (bicyclic) bond motifs is 1. The normalized spacial score (nSPS) is 10.6. The zero-order valence-electron chi connectivity index (χ0n) is 12.3. The second-order valence-corrected chi connectivity index (χ2v) is 4.80. The quantitative estimate of drug-likeness (QED) is 0.676. The number of aromatic nitrogens is 3. The van der Waals surface area contributed by atoms with Crippen LogP contribution in [0.2, 0.25) is 0 Å². The number of carbonyl (C=O) groups is 1. The molecule has 0 amide bonds. The summed E-state index contributed by atoms with van der Waals surface area (Å²) in [5.74, 6) is 0.812. The number of aryl methyl sites for hydroxylation is 1. The van der Waals surface area contributed by atoms with Gasteiger partial charge in [-0.2, -0.15) is 5.10 Å². The Morgan fingerprint density at radius 3 is 2.91 bits per heavy atom. The SMILES string of the molecule is COc1ccc(OCc2ccc3cnn(C)c3c2)c(C=O)n1. The Kier molecular flexibility index (Phi) is 3.74. The van der Waals surface area contributed by atoms with Crippen LogP contribution < -0.4 is 9.47 Å². The predicted octanol–water partition coefficient (Wildman–Crippen LogP) is 2.37. The molecule has 0 N–H and O–H groups in total. The number of methoxy groups -OCH3 is 1. The maximum absolute atomic E-state index is 11.1. The number of hydrogen-bond acceptors (Lipinski definition) is 5. The fourth-order valence-corrected chi connectivity index (χ4v) is 2.20. The minimum absolute atomic E-state index is 0.223. The number of carbonyl (C=O) groups excluding carboxylic acids is 1. The van der Waals surface area contributed by atoms with Crippen LogP contribution in [0.5, 0.6) is 11.6 Å². The van der Waals surface area contributed by atoms with Gasteiger partial charge < -0.3 is 9.47 Å². The standard InChI is InChI=1S/C16H15N3O3/c1-19-14-7-11(3-4-12(14)8-17-19)10-22-15-5-6-16(21-2)18-13(15)9-20/h3-9H,10H2,1-2H3. The average Bonchev–Trinajstić information content (AvgIpc) is 2.93. The summed E-state index contributed by atoms with van der Waals surface area (Å²) in [5.41, 5.74) is 2.24. The van der Waals surface area contributed by atoms with Crippen LogP contribution in [-0.2, 0) is 13.7 Å². The van der Waals surface area contributed by atoms with Crippen LogP contribution in [0.25, 0.3) is 10.9 Å². The van der Waals surface area contributed by atoms with E-state index in [-0.39, 0.29) is 5.69 Å². The van der Waals surface area contributed by atoms with Crippen molar-refractivity contribution in [3.05, 3.63) is 47.8 Å². The molecule has 0 atom stereocenters. The van der Waals surface area contributed by atoms with E-state index in [2.05, 4.69) is 10.1 Å². The number of pyridine rings is 1. The maximum atomic E-state index is 11.1. The molecule has 0 fully saturated rings. The van der Waals surface area contributed by atoms with E-state index in [1.54, 1.807) is 12.1 Å². The summed E-state index contributed by atoms with van der Waals surface area (Å²) in [7, 11) is 3.39. The highest BCUT2D eigenvalue weighted by molar-refractivity contribution is 5.79. The van der Waals surface area contributed by atoms with Crippen molar-refractivity contribution in [2.45, 2.75) is 6.61 Å². The fourth-order valence-electron chi connectivity index (χ4n) is 2.20. The minimum Gasteiger partial charge on any atom is -0.487 e. The van der Waals surface area contributed by atoms with Crippen molar-refractivity contribution in [3.8, 4) is 11.6 Å². The van der Waals surface area contributed by atoms with Crippen LogP contribution in [0.4, 0.5) is 0 Å². The van der Waals surface area contributed by atoms with E-state index in [1.807, 2.05) is 36.1 Å². The van der Waals surface area contributed by atoms with E-state index in [9.17, 15) is 4.79 Å². The molecule has 0 saturated heterocycles. The Bertz CT molecular complexity index is 827. The van der Waals surface area contributed by atoms with Crippen LogP contribution in [0, 0.1) is 0 Å². The van der Waals surface area contributed by atoms with Gasteiger partial charge in [0.1, 0.15) is 18.1 Å². The number of hydrogen-bond donors (Lipinski definition) is 0. The van der Waals surface area contributed by atoms with Crippen LogP contribution in [0.15, 0.2) is 36.5 Å². The molecule has 6 nitrogen and oxygen atoms in total. The smallest absolute Gasteiger partial charge is 0.213 e. The highest BCUT2D eigenvalue weighted by Crippen LogP contribution is 2.21. The van der Waals surface area contributed by atoms with Crippen molar-refractivity contribution in [2.75, 3.05) is 7.11 Å². The Labute approximate surface area is 127 Å². The monoisotopic (exact) mass is 297 g/mol. The van der Waals surface area contributed by atoms with Gasteiger partial charge in [-0.05, 0) is 17.7 Å². The molecule has 2 aromatic heterocycles. The molecular formula is C16H15N3O3. The van der Waals surface area contributed by atoms with E-state index in [1.165, 1.54) is 7.11 Å². The summed E-state index contributed by atoms with van der Waals surface area (Å²) in [6.45, 7) is 0.343. The molecule has 3 rings (SSSR count). The lowest BCUT2D eigenvalue weighted by Crippen LogP contribution is -2.01. The van der Waals surface area contributed by atoms with Crippen LogP contribution in [0.1, 0.15) is 16.1 Å². The first kappa shape index (κ1) is 14.1. The lowest BCUT2D eigenvalue weighted by atomic mass is 10.2. The van der Waals surface area contributed by atoms with Crippen molar-refractivity contribution in [2.24, 2.45) is 7.05 Å². The third kappa shape index (κ3) is 2.63. The van der Waals surface area contributed by atoms with Crippen molar-refractivity contribution < 1.29 is 14.3 Å². The molecule has 0 aliphatic rings. The lowest BCUT2D eigenvalue weighted by molar-refractivity contribution is 0.111. The van der Waals surface area contributed by atoms with Crippen molar-refractivity contribution in [1.82, 2.24) is 14.8 Å². The Hall–Kier alpha value is -2.89. The molecule has 2 heterocycles. The van der Waals surface area contributed by atoms with Crippen molar-refractivity contribution >= 4 is 17.2 Å². The van der Waals surface area contributed by atoms with E-state index >= 15 is 0 Å². The van der Waals surface area contributed by atoms with Gasteiger partial charge in [0.2, 0.25) is 5.88 Å². The molecule has 6 heteroatoms. The molecule has 3 aromatic rings. The Morgan fingerprint density at radius 1 is 1.27 bits per heavy atom. The van der Waals surface area contributed by atoms with E-state index < -0.39 is 0 Å². The van der Waals surface area contributed by atoms with Gasteiger partial charge >= 0.3 is 0 Å². The summed E-state index contributed by atoms with van der Waals surface area (Å²) in [6.07, 6.45) is 2.47. The summed E-state index contributed by atoms with van der Waals surface area (Å²) < 4.78 is 12.5. The van der Waals surface area contributed by atoms with Crippen molar-refractivity contribution in [1.29, 1.82) is 0 Å². The molecule has 0 spiro atoms. The third-order valence-corrected chi connectivity index (χ3v) is 3.39. The van der Waals surface area contributed by atoms with Gasteiger partial charge in [0.15, 0.2) is 6.29 Å². The Morgan fingerprint density at radius 2 is 2.14 bits per heavy atom. The number of nitrogens with zero attached hydrogens (tertiary/aromatic N) is 3. The van der Waals surface area contributed by atoms with E-state index in [0.717, 1.165) is 16.5 Å². The van der Waals surface area contributed by atoms with Crippen molar-refractivity contribution in [3.63, 3.8) is 0 Å². The van der Waals surface area contributed by atoms with Gasteiger partial charge in [0.25, 0.3) is 0 Å². The second-order valence-electron chi connectivity index (χ2n) is 4.80. The summed E-state index contributed by atoms with van der Waals surface area (Å²) >= 11 is 0. The zero-order chi connectivity index (χ0) is 15.5. The zero-order valence-corrected chi connectivity index (χ0v) is 12.3. The van der Waals surface area contributed by atoms with E-state index in [4.69, 9.17) is 9.47 Å². The first-order valence-electron chi connectivity index (χ1n) is 6.75. The van der Waals surface area contributed by atoms with Crippen LogP contribution in [0.3, 0.4) is 0 Å². The summed E-state index contributed by atoms with van der Waals surface area (Å²) in [6, 6.07) is 9.32. The largest absolute Gasteiger partial charge is 0.487 e.